The largest absolute Gasteiger partial charge is 0.356 e. The van der Waals surface area contributed by atoms with Gasteiger partial charge in [0.15, 0.2) is 5.76 Å². The molecule has 0 aliphatic rings. The Balaban J connectivity index is 1.90. The lowest BCUT2D eigenvalue weighted by molar-refractivity contribution is 0.427. The molecule has 2 aromatic carbocycles. The van der Waals surface area contributed by atoms with Crippen LogP contribution in [-0.2, 0) is 0 Å². The molecule has 0 aliphatic carbocycles. The fourth-order valence-electron chi connectivity index (χ4n) is 2.68. The Morgan fingerprint density at radius 2 is 1.67 bits per heavy atom. The topological polar surface area (TPSA) is 43.9 Å². The number of aryl methyl sites for hydroxylation is 2. The zero-order chi connectivity index (χ0) is 16.5. The summed E-state index contributed by atoms with van der Waals surface area (Å²) in [6, 6.07) is 20.3. The lowest BCUT2D eigenvalue weighted by Gasteiger charge is -2.01. The molecule has 0 aliphatic heterocycles. The highest BCUT2D eigenvalue weighted by atomic mass is 16.5. The summed E-state index contributed by atoms with van der Waals surface area (Å²) in [4.78, 5) is 0. The molecule has 0 spiro atoms. The molecule has 4 rings (SSSR count). The van der Waals surface area contributed by atoms with Crippen molar-refractivity contribution < 1.29 is 4.52 Å². The summed E-state index contributed by atoms with van der Waals surface area (Å²) in [6.45, 7) is 3.99. The third-order valence-corrected chi connectivity index (χ3v) is 3.95. The Bertz CT molecular complexity index is 966. The first-order chi connectivity index (χ1) is 11.7. The highest BCUT2D eigenvalue weighted by Gasteiger charge is 2.17. The van der Waals surface area contributed by atoms with Gasteiger partial charge in [0.25, 0.3) is 0 Å². The smallest absolute Gasteiger partial charge is 0.170 e. The summed E-state index contributed by atoms with van der Waals surface area (Å²) in [6.07, 6.45) is 1.99. The molecule has 0 atom stereocenters. The summed E-state index contributed by atoms with van der Waals surface area (Å²) >= 11 is 0. The van der Waals surface area contributed by atoms with Gasteiger partial charge in [0, 0.05) is 17.8 Å². The number of hydrogen-bond acceptors (Lipinski definition) is 3. The van der Waals surface area contributed by atoms with Crippen molar-refractivity contribution in [3.63, 3.8) is 0 Å². The second kappa shape index (κ2) is 5.81. The normalized spacial score (nSPS) is 10.9. The van der Waals surface area contributed by atoms with Crippen molar-refractivity contribution in [1.82, 2.24) is 14.9 Å². The Kier molecular flexibility index (Phi) is 3.50. The van der Waals surface area contributed by atoms with Crippen molar-refractivity contribution in [3.8, 4) is 28.3 Å². The van der Waals surface area contributed by atoms with E-state index in [1.807, 2.05) is 54.2 Å². The molecule has 4 aromatic rings. The van der Waals surface area contributed by atoms with Crippen molar-refractivity contribution in [2.24, 2.45) is 0 Å². The van der Waals surface area contributed by atoms with Crippen LogP contribution in [0.15, 0.2) is 71.4 Å². The van der Waals surface area contributed by atoms with Crippen LogP contribution < -0.4 is 0 Å². The van der Waals surface area contributed by atoms with E-state index in [1.165, 1.54) is 5.56 Å². The molecule has 0 fully saturated rings. The first-order valence-electron chi connectivity index (χ1n) is 7.86. The van der Waals surface area contributed by atoms with Gasteiger partial charge in [-0.3, -0.25) is 0 Å². The molecule has 0 saturated carbocycles. The van der Waals surface area contributed by atoms with Gasteiger partial charge in [-0.25, -0.2) is 4.68 Å². The molecule has 0 saturated heterocycles. The maximum atomic E-state index is 5.48. The molecule has 2 heterocycles. The second-order valence-electron chi connectivity index (χ2n) is 5.87. The first kappa shape index (κ1) is 14.5. The molecule has 0 amide bonds. The molecular weight excluding hydrogens is 298 g/mol. The SMILES string of the molecule is Cc1ccc(-c2nn(-c3ccccc3)cc2-c2cc(C)no2)cc1. The van der Waals surface area contributed by atoms with E-state index < -0.39 is 0 Å². The molecule has 0 radical (unpaired) electrons. The maximum absolute atomic E-state index is 5.48. The standard InChI is InChI=1S/C20H17N3O/c1-14-8-10-16(11-9-14)20-18(19-12-15(2)22-24-19)13-23(21-20)17-6-4-3-5-7-17/h3-13H,1-2H3. The van der Waals surface area contributed by atoms with E-state index in [0.717, 1.165) is 34.0 Å². The monoisotopic (exact) mass is 315 g/mol. The quantitative estimate of drug-likeness (QED) is 0.545. The molecule has 118 valence electrons. The minimum atomic E-state index is 0.727. The number of nitrogens with zero attached hydrogens (tertiary/aromatic N) is 3. The van der Waals surface area contributed by atoms with Crippen LogP contribution in [0.25, 0.3) is 28.3 Å². The molecular formula is C20H17N3O. The Morgan fingerprint density at radius 3 is 2.33 bits per heavy atom. The lowest BCUT2D eigenvalue weighted by Crippen LogP contribution is -1.93. The van der Waals surface area contributed by atoms with Gasteiger partial charge in [-0.15, -0.1) is 0 Å². The zero-order valence-corrected chi connectivity index (χ0v) is 13.6. The van der Waals surface area contributed by atoms with Gasteiger partial charge in [-0.1, -0.05) is 53.2 Å². The number of benzene rings is 2. The van der Waals surface area contributed by atoms with E-state index >= 15 is 0 Å². The van der Waals surface area contributed by atoms with Crippen LogP contribution in [0.2, 0.25) is 0 Å². The van der Waals surface area contributed by atoms with Gasteiger partial charge in [0.05, 0.1) is 16.9 Å². The highest BCUT2D eigenvalue weighted by Crippen LogP contribution is 2.32. The van der Waals surface area contributed by atoms with Crippen molar-refractivity contribution in [2.75, 3.05) is 0 Å². The molecule has 24 heavy (non-hydrogen) atoms. The van der Waals surface area contributed by atoms with E-state index in [2.05, 4.69) is 36.3 Å². The highest BCUT2D eigenvalue weighted by molar-refractivity contribution is 5.78. The summed E-state index contributed by atoms with van der Waals surface area (Å²) in [5.74, 6) is 0.727. The van der Waals surface area contributed by atoms with Crippen molar-refractivity contribution in [3.05, 3.63) is 78.1 Å². The first-order valence-corrected chi connectivity index (χ1v) is 7.86. The second-order valence-corrected chi connectivity index (χ2v) is 5.87. The van der Waals surface area contributed by atoms with Crippen LogP contribution in [-0.4, -0.2) is 14.9 Å². The van der Waals surface area contributed by atoms with Gasteiger partial charge in [0.2, 0.25) is 0 Å². The lowest BCUT2D eigenvalue weighted by atomic mass is 10.1. The zero-order valence-electron chi connectivity index (χ0n) is 13.6. The van der Waals surface area contributed by atoms with E-state index in [0.29, 0.717) is 0 Å². The molecule has 2 aromatic heterocycles. The van der Waals surface area contributed by atoms with Gasteiger partial charge in [-0.2, -0.15) is 5.10 Å². The Labute approximate surface area is 140 Å². The van der Waals surface area contributed by atoms with Gasteiger partial charge < -0.3 is 4.52 Å². The van der Waals surface area contributed by atoms with E-state index in [9.17, 15) is 0 Å². The minimum Gasteiger partial charge on any atom is -0.356 e. The van der Waals surface area contributed by atoms with Crippen LogP contribution in [0.4, 0.5) is 0 Å². The van der Waals surface area contributed by atoms with Gasteiger partial charge >= 0.3 is 0 Å². The molecule has 0 unspecified atom stereocenters. The molecule has 4 nitrogen and oxygen atoms in total. The van der Waals surface area contributed by atoms with E-state index in [-0.39, 0.29) is 0 Å². The predicted octanol–water partition coefficient (Wildman–Crippen LogP) is 4.81. The number of hydrogen-bond donors (Lipinski definition) is 0. The third kappa shape index (κ3) is 2.63. The molecule has 0 bridgehead atoms. The van der Waals surface area contributed by atoms with Crippen LogP contribution in [0.3, 0.4) is 0 Å². The maximum Gasteiger partial charge on any atom is 0.170 e. The van der Waals surface area contributed by atoms with Crippen LogP contribution >= 0.6 is 0 Å². The van der Waals surface area contributed by atoms with Gasteiger partial charge in [-0.05, 0) is 26.0 Å². The number of para-hydroxylation sites is 1. The number of aromatic nitrogens is 3. The van der Waals surface area contributed by atoms with Crippen molar-refractivity contribution >= 4 is 0 Å². The van der Waals surface area contributed by atoms with Crippen LogP contribution in [0, 0.1) is 13.8 Å². The van der Waals surface area contributed by atoms with Crippen LogP contribution in [0.5, 0.6) is 0 Å². The molecule has 0 N–H and O–H groups in total. The minimum absolute atomic E-state index is 0.727. The Morgan fingerprint density at radius 1 is 0.917 bits per heavy atom. The van der Waals surface area contributed by atoms with Crippen LogP contribution in [0.1, 0.15) is 11.3 Å². The fraction of sp³-hybridized carbons (Fsp3) is 0.100. The average molecular weight is 315 g/mol. The predicted molar refractivity (Wildman–Crippen MR) is 94.0 cm³/mol. The van der Waals surface area contributed by atoms with Crippen molar-refractivity contribution in [1.29, 1.82) is 0 Å². The van der Waals surface area contributed by atoms with E-state index in [1.54, 1.807) is 0 Å². The summed E-state index contributed by atoms with van der Waals surface area (Å²) in [5, 5.41) is 8.81. The third-order valence-electron chi connectivity index (χ3n) is 3.95. The molecule has 4 heteroatoms. The van der Waals surface area contributed by atoms with Gasteiger partial charge in [0.1, 0.15) is 5.69 Å². The fourth-order valence-corrected chi connectivity index (χ4v) is 2.68. The Hall–Kier alpha value is -3.14. The summed E-state index contributed by atoms with van der Waals surface area (Å²) in [5.41, 5.74) is 5.96. The number of rotatable bonds is 3. The van der Waals surface area contributed by atoms with Crippen molar-refractivity contribution in [2.45, 2.75) is 13.8 Å². The summed E-state index contributed by atoms with van der Waals surface area (Å²) in [7, 11) is 0. The van der Waals surface area contributed by atoms with E-state index in [4.69, 9.17) is 9.62 Å². The summed E-state index contributed by atoms with van der Waals surface area (Å²) < 4.78 is 7.36. The average Bonchev–Trinajstić information content (AvgIpc) is 3.23.